The highest BCUT2D eigenvalue weighted by Gasteiger charge is 2.07. The number of carbonyl (C=O) groups is 1. The van der Waals surface area contributed by atoms with Crippen molar-refractivity contribution in [2.24, 2.45) is 0 Å². The fourth-order valence-corrected chi connectivity index (χ4v) is 1.72. The van der Waals surface area contributed by atoms with Gasteiger partial charge in [0.25, 0.3) is 5.91 Å². The maximum atomic E-state index is 12.0. The average molecular weight is 269 g/mol. The number of benzene rings is 1. The smallest absolute Gasteiger partial charge is 0.251 e. The predicted molar refractivity (Wildman–Crippen MR) is 75.0 cm³/mol. The first-order chi connectivity index (χ1) is 9.70. The van der Waals surface area contributed by atoms with Crippen molar-refractivity contribution in [3.63, 3.8) is 0 Å². The van der Waals surface area contributed by atoms with Crippen molar-refractivity contribution in [3.8, 4) is 11.8 Å². The van der Waals surface area contributed by atoms with Crippen LogP contribution in [0.4, 0.5) is 0 Å². The van der Waals surface area contributed by atoms with E-state index in [1.165, 1.54) is 0 Å². The third kappa shape index (κ3) is 3.50. The van der Waals surface area contributed by atoms with Crippen LogP contribution in [0.3, 0.4) is 0 Å². The van der Waals surface area contributed by atoms with E-state index in [0.29, 0.717) is 17.9 Å². The summed E-state index contributed by atoms with van der Waals surface area (Å²) in [5.41, 5.74) is 2.24. The summed E-state index contributed by atoms with van der Waals surface area (Å²) in [5, 5.41) is 11.5. The Morgan fingerprint density at radius 3 is 2.95 bits per heavy atom. The van der Waals surface area contributed by atoms with Gasteiger partial charge in [-0.2, -0.15) is 0 Å². The summed E-state index contributed by atoms with van der Waals surface area (Å²) < 4.78 is 5.15. The van der Waals surface area contributed by atoms with Crippen molar-refractivity contribution in [3.05, 3.63) is 59.0 Å². The van der Waals surface area contributed by atoms with Crippen molar-refractivity contribution < 1.29 is 14.3 Å². The molecule has 0 aliphatic heterocycles. The molecule has 1 aromatic carbocycles. The van der Waals surface area contributed by atoms with Crippen LogP contribution in [0.25, 0.3) is 0 Å². The first-order valence-electron chi connectivity index (χ1n) is 6.21. The van der Waals surface area contributed by atoms with Crippen molar-refractivity contribution in [1.29, 1.82) is 0 Å². The summed E-state index contributed by atoms with van der Waals surface area (Å²) in [5.74, 6) is 5.93. The van der Waals surface area contributed by atoms with E-state index >= 15 is 0 Å². The van der Waals surface area contributed by atoms with Gasteiger partial charge in [-0.25, -0.2) is 0 Å². The molecule has 0 bridgehead atoms. The molecule has 2 N–H and O–H groups in total. The van der Waals surface area contributed by atoms with Gasteiger partial charge in [0.1, 0.15) is 12.4 Å². The van der Waals surface area contributed by atoms with Crippen LogP contribution in [-0.4, -0.2) is 17.6 Å². The number of hydrogen-bond acceptors (Lipinski definition) is 3. The Morgan fingerprint density at radius 2 is 2.25 bits per heavy atom. The maximum Gasteiger partial charge on any atom is 0.251 e. The van der Waals surface area contributed by atoms with Gasteiger partial charge in [-0.3, -0.25) is 4.79 Å². The molecule has 0 saturated heterocycles. The van der Waals surface area contributed by atoms with Crippen LogP contribution >= 0.6 is 0 Å². The second kappa shape index (κ2) is 6.60. The van der Waals surface area contributed by atoms with Crippen LogP contribution < -0.4 is 5.32 Å². The quantitative estimate of drug-likeness (QED) is 0.836. The first kappa shape index (κ1) is 13.9. The van der Waals surface area contributed by atoms with E-state index in [1.54, 1.807) is 30.5 Å². The summed E-state index contributed by atoms with van der Waals surface area (Å²) in [4.78, 5) is 12.0. The molecule has 0 fully saturated rings. The topological polar surface area (TPSA) is 62.5 Å². The van der Waals surface area contributed by atoms with Gasteiger partial charge in [0.15, 0.2) is 0 Å². The number of nitrogens with one attached hydrogen (secondary N) is 1. The lowest BCUT2D eigenvalue weighted by molar-refractivity contribution is 0.0948. The monoisotopic (exact) mass is 269 g/mol. The Labute approximate surface area is 117 Å². The normalized spacial score (nSPS) is 9.70. The minimum atomic E-state index is -0.200. The second-order valence-corrected chi connectivity index (χ2v) is 4.25. The van der Waals surface area contributed by atoms with Crippen molar-refractivity contribution >= 4 is 5.91 Å². The number of carbonyl (C=O) groups excluding carboxylic acids is 1. The van der Waals surface area contributed by atoms with E-state index in [-0.39, 0.29) is 12.5 Å². The summed E-state index contributed by atoms with van der Waals surface area (Å²) in [7, 11) is 0. The van der Waals surface area contributed by atoms with Crippen LogP contribution in [0.5, 0.6) is 0 Å². The van der Waals surface area contributed by atoms with Crippen molar-refractivity contribution in [2.75, 3.05) is 6.61 Å². The zero-order valence-corrected chi connectivity index (χ0v) is 11.1. The molecule has 4 nitrogen and oxygen atoms in total. The second-order valence-electron chi connectivity index (χ2n) is 4.25. The highest BCUT2D eigenvalue weighted by molar-refractivity contribution is 5.94. The highest BCUT2D eigenvalue weighted by atomic mass is 16.3. The maximum absolute atomic E-state index is 12.0. The van der Waals surface area contributed by atoms with Gasteiger partial charge < -0.3 is 14.8 Å². The molecule has 20 heavy (non-hydrogen) atoms. The van der Waals surface area contributed by atoms with Crippen LogP contribution in [0.2, 0.25) is 0 Å². The molecule has 4 heteroatoms. The van der Waals surface area contributed by atoms with E-state index in [4.69, 9.17) is 9.52 Å². The van der Waals surface area contributed by atoms with Crippen molar-refractivity contribution in [1.82, 2.24) is 5.32 Å². The Hall–Kier alpha value is -2.51. The standard InChI is InChI=1S/C16H15NO3/c1-12-6-7-14(10-13(12)4-2-8-18)16(19)17-11-15-5-3-9-20-15/h3,5-7,9-10,18H,8,11H2,1H3,(H,17,19). The molecule has 102 valence electrons. The summed E-state index contributed by atoms with van der Waals surface area (Å²) in [6.07, 6.45) is 1.57. The summed E-state index contributed by atoms with van der Waals surface area (Å²) in [6.45, 7) is 2.05. The van der Waals surface area contributed by atoms with Crippen molar-refractivity contribution in [2.45, 2.75) is 13.5 Å². The van der Waals surface area contributed by atoms with E-state index in [9.17, 15) is 4.79 Å². The molecule has 0 radical (unpaired) electrons. The molecule has 2 rings (SSSR count). The molecule has 0 unspecified atom stereocenters. The summed E-state index contributed by atoms with van der Waals surface area (Å²) in [6, 6.07) is 8.87. The minimum absolute atomic E-state index is 0.187. The number of rotatable bonds is 3. The number of furan rings is 1. The number of aliphatic hydroxyl groups excluding tert-OH is 1. The fraction of sp³-hybridized carbons (Fsp3) is 0.188. The Morgan fingerprint density at radius 1 is 1.40 bits per heavy atom. The van der Waals surface area contributed by atoms with Gasteiger partial charge in [-0.15, -0.1) is 0 Å². The van der Waals surface area contributed by atoms with Gasteiger partial charge in [0.2, 0.25) is 0 Å². The van der Waals surface area contributed by atoms with Gasteiger partial charge in [0.05, 0.1) is 12.8 Å². The number of aliphatic hydroxyl groups is 1. The van der Waals surface area contributed by atoms with Gasteiger partial charge in [0, 0.05) is 11.1 Å². The van der Waals surface area contributed by atoms with E-state index in [2.05, 4.69) is 17.2 Å². The zero-order valence-electron chi connectivity index (χ0n) is 11.1. The molecular weight excluding hydrogens is 254 g/mol. The molecule has 0 spiro atoms. The molecule has 0 aliphatic carbocycles. The molecule has 2 aromatic rings. The number of hydrogen-bond donors (Lipinski definition) is 2. The van der Waals surface area contributed by atoms with Crippen LogP contribution in [-0.2, 0) is 6.54 Å². The van der Waals surface area contributed by atoms with Gasteiger partial charge in [-0.05, 0) is 36.8 Å². The van der Waals surface area contributed by atoms with E-state index in [0.717, 1.165) is 11.1 Å². The van der Waals surface area contributed by atoms with E-state index in [1.807, 2.05) is 13.0 Å². The zero-order chi connectivity index (χ0) is 14.4. The third-order valence-electron chi connectivity index (χ3n) is 2.81. The molecule has 1 heterocycles. The third-order valence-corrected chi connectivity index (χ3v) is 2.81. The van der Waals surface area contributed by atoms with Crippen LogP contribution in [0.1, 0.15) is 27.2 Å². The molecule has 0 atom stereocenters. The lowest BCUT2D eigenvalue weighted by Gasteiger charge is -2.05. The first-order valence-corrected chi connectivity index (χ1v) is 6.21. The predicted octanol–water partition coefficient (Wildman–Crippen LogP) is 1.86. The summed E-state index contributed by atoms with van der Waals surface area (Å²) >= 11 is 0. The Kier molecular flexibility index (Phi) is 4.59. The highest BCUT2D eigenvalue weighted by Crippen LogP contribution is 2.10. The minimum Gasteiger partial charge on any atom is -0.467 e. The molecule has 0 aliphatic rings. The Balaban J connectivity index is 2.09. The fourth-order valence-electron chi connectivity index (χ4n) is 1.72. The average Bonchev–Trinajstić information content (AvgIpc) is 2.97. The van der Waals surface area contributed by atoms with Crippen LogP contribution in [0.15, 0.2) is 41.0 Å². The van der Waals surface area contributed by atoms with Gasteiger partial charge >= 0.3 is 0 Å². The molecule has 1 aromatic heterocycles. The lowest BCUT2D eigenvalue weighted by atomic mass is 10.0. The van der Waals surface area contributed by atoms with E-state index < -0.39 is 0 Å². The SMILES string of the molecule is Cc1ccc(C(=O)NCc2ccco2)cc1C#CCO. The Bertz CT molecular complexity index is 648. The largest absolute Gasteiger partial charge is 0.467 e. The van der Waals surface area contributed by atoms with Crippen LogP contribution in [0, 0.1) is 18.8 Å². The molecule has 1 amide bonds. The number of amides is 1. The van der Waals surface area contributed by atoms with Gasteiger partial charge in [-0.1, -0.05) is 17.9 Å². The molecule has 0 saturated carbocycles. The number of aryl methyl sites for hydroxylation is 1. The lowest BCUT2D eigenvalue weighted by Crippen LogP contribution is -2.22. The molecular formula is C16H15NO3.